The molecule has 0 fully saturated rings. The monoisotopic (exact) mass is 317 g/mol. The molecule has 2 aromatic rings. The van der Waals surface area contributed by atoms with Gasteiger partial charge in [-0.25, -0.2) is 0 Å². The van der Waals surface area contributed by atoms with Crippen molar-refractivity contribution in [2.24, 2.45) is 0 Å². The summed E-state index contributed by atoms with van der Waals surface area (Å²) in [5, 5.41) is 6.44. The topological polar surface area (TPSA) is 46.9 Å². The molecule has 0 aliphatic heterocycles. The van der Waals surface area contributed by atoms with E-state index in [9.17, 15) is 18.0 Å². The molecule has 0 radical (unpaired) electrons. The first-order valence-corrected chi connectivity index (χ1v) is 6.30. The van der Waals surface area contributed by atoms with Crippen LogP contribution in [0.15, 0.2) is 30.5 Å². The predicted octanol–water partition coefficient (Wildman–Crippen LogP) is 3.50. The number of benzene rings is 1. The molecule has 21 heavy (non-hydrogen) atoms. The smallest absolute Gasteiger partial charge is 0.324 e. The molecule has 1 aromatic carbocycles. The van der Waals surface area contributed by atoms with Crippen LogP contribution >= 0.6 is 11.6 Å². The van der Waals surface area contributed by atoms with Crippen LogP contribution in [0.3, 0.4) is 0 Å². The van der Waals surface area contributed by atoms with Gasteiger partial charge in [0.1, 0.15) is 6.54 Å². The van der Waals surface area contributed by atoms with Gasteiger partial charge < -0.3 is 5.32 Å². The number of nitrogens with zero attached hydrogens (tertiary/aromatic N) is 2. The Labute approximate surface area is 123 Å². The van der Waals surface area contributed by atoms with Crippen LogP contribution < -0.4 is 5.32 Å². The minimum Gasteiger partial charge on any atom is -0.324 e. The van der Waals surface area contributed by atoms with E-state index >= 15 is 0 Å². The number of carbonyl (C=O) groups excluding carboxylic acids is 1. The van der Waals surface area contributed by atoms with Crippen LogP contribution in [-0.4, -0.2) is 15.7 Å². The first-order chi connectivity index (χ1) is 9.75. The molecule has 0 atom stereocenters. The highest BCUT2D eigenvalue weighted by Crippen LogP contribution is 2.27. The van der Waals surface area contributed by atoms with Gasteiger partial charge in [0, 0.05) is 16.9 Å². The van der Waals surface area contributed by atoms with E-state index in [2.05, 4.69) is 10.4 Å². The third-order valence-electron chi connectivity index (χ3n) is 2.70. The molecule has 1 heterocycles. The van der Waals surface area contributed by atoms with Gasteiger partial charge in [0.25, 0.3) is 0 Å². The Morgan fingerprint density at radius 1 is 1.38 bits per heavy atom. The molecule has 0 unspecified atom stereocenters. The fourth-order valence-electron chi connectivity index (χ4n) is 1.71. The Morgan fingerprint density at radius 3 is 2.67 bits per heavy atom. The lowest BCUT2D eigenvalue weighted by Gasteiger charge is -2.09. The number of halogens is 4. The predicted molar refractivity (Wildman–Crippen MR) is 72.0 cm³/mol. The Morgan fingerprint density at radius 2 is 2.10 bits per heavy atom. The van der Waals surface area contributed by atoms with Crippen molar-refractivity contribution < 1.29 is 18.0 Å². The third-order valence-corrected chi connectivity index (χ3v) is 2.93. The standard InChI is InChI=1S/C13H11ClF3N3O/c1-8-6-9(14)2-3-10(8)18-12(21)7-20-5-4-11(19-20)13(15,16)17/h2-6H,7H2,1H3,(H,18,21). The number of amides is 1. The van der Waals surface area contributed by atoms with E-state index in [4.69, 9.17) is 11.6 Å². The quantitative estimate of drug-likeness (QED) is 0.941. The Kier molecular flexibility index (Phi) is 4.22. The lowest BCUT2D eigenvalue weighted by atomic mass is 10.2. The van der Waals surface area contributed by atoms with Gasteiger partial charge in [-0.05, 0) is 36.8 Å². The lowest BCUT2D eigenvalue weighted by Crippen LogP contribution is -2.20. The van der Waals surface area contributed by atoms with E-state index in [1.54, 1.807) is 25.1 Å². The van der Waals surface area contributed by atoms with Crippen LogP contribution in [-0.2, 0) is 17.5 Å². The highest BCUT2D eigenvalue weighted by molar-refractivity contribution is 6.30. The van der Waals surface area contributed by atoms with Gasteiger partial charge >= 0.3 is 6.18 Å². The van der Waals surface area contributed by atoms with Crippen molar-refractivity contribution in [3.8, 4) is 0 Å². The molecule has 8 heteroatoms. The van der Waals surface area contributed by atoms with Crippen molar-refractivity contribution in [2.75, 3.05) is 5.32 Å². The van der Waals surface area contributed by atoms with Crippen LogP contribution in [0.2, 0.25) is 5.02 Å². The average molecular weight is 318 g/mol. The van der Waals surface area contributed by atoms with Crippen LogP contribution in [0.25, 0.3) is 0 Å². The van der Waals surface area contributed by atoms with Crippen molar-refractivity contribution in [2.45, 2.75) is 19.6 Å². The summed E-state index contributed by atoms with van der Waals surface area (Å²) in [5.41, 5.74) is 0.276. The van der Waals surface area contributed by atoms with E-state index in [1.165, 1.54) is 0 Å². The second-order valence-electron chi connectivity index (χ2n) is 4.40. The molecule has 112 valence electrons. The van der Waals surface area contributed by atoms with Crippen LogP contribution in [0.5, 0.6) is 0 Å². The summed E-state index contributed by atoms with van der Waals surface area (Å²) in [6, 6.07) is 5.73. The normalized spacial score (nSPS) is 11.5. The van der Waals surface area contributed by atoms with E-state index in [0.717, 1.165) is 22.5 Å². The number of alkyl halides is 3. The molecule has 1 aromatic heterocycles. The fraction of sp³-hybridized carbons (Fsp3) is 0.231. The van der Waals surface area contributed by atoms with Crippen molar-refractivity contribution in [3.05, 3.63) is 46.7 Å². The molecule has 4 nitrogen and oxygen atoms in total. The molecule has 0 aliphatic carbocycles. The molecule has 0 spiro atoms. The Hall–Kier alpha value is -2.02. The molecular weight excluding hydrogens is 307 g/mol. The minimum atomic E-state index is -4.52. The third kappa shape index (κ3) is 3.98. The number of rotatable bonds is 3. The number of aromatic nitrogens is 2. The maximum atomic E-state index is 12.4. The molecule has 1 N–H and O–H groups in total. The summed E-state index contributed by atoms with van der Waals surface area (Å²) >= 11 is 5.80. The Balaban J connectivity index is 2.03. The number of hydrogen-bond donors (Lipinski definition) is 1. The molecule has 0 saturated carbocycles. The van der Waals surface area contributed by atoms with Crippen LogP contribution in [0.4, 0.5) is 18.9 Å². The summed E-state index contributed by atoms with van der Waals surface area (Å²) in [6.45, 7) is 1.45. The van der Waals surface area contributed by atoms with Gasteiger partial charge in [-0.3, -0.25) is 9.48 Å². The molecule has 1 amide bonds. The van der Waals surface area contributed by atoms with E-state index in [0.29, 0.717) is 10.7 Å². The number of nitrogens with one attached hydrogen (secondary N) is 1. The molecule has 0 bridgehead atoms. The van der Waals surface area contributed by atoms with E-state index < -0.39 is 17.8 Å². The molecule has 0 saturated heterocycles. The van der Waals surface area contributed by atoms with Crippen LogP contribution in [0, 0.1) is 6.92 Å². The summed E-state index contributed by atoms with van der Waals surface area (Å²) in [7, 11) is 0. The molecule has 0 aliphatic rings. The zero-order chi connectivity index (χ0) is 15.6. The number of hydrogen-bond acceptors (Lipinski definition) is 2. The van der Waals surface area contributed by atoms with Crippen molar-refractivity contribution in [1.29, 1.82) is 0 Å². The number of aryl methyl sites for hydroxylation is 1. The van der Waals surface area contributed by atoms with Gasteiger partial charge in [-0.15, -0.1) is 0 Å². The maximum Gasteiger partial charge on any atom is 0.435 e. The SMILES string of the molecule is Cc1cc(Cl)ccc1NC(=O)Cn1ccc(C(F)(F)F)n1. The lowest BCUT2D eigenvalue weighted by molar-refractivity contribution is -0.141. The van der Waals surface area contributed by atoms with E-state index in [1.807, 2.05) is 0 Å². The minimum absolute atomic E-state index is 0.307. The number of anilines is 1. The van der Waals surface area contributed by atoms with Gasteiger partial charge in [-0.1, -0.05) is 11.6 Å². The average Bonchev–Trinajstić information content (AvgIpc) is 2.81. The summed E-state index contributed by atoms with van der Waals surface area (Å²) < 4.78 is 38.1. The second-order valence-corrected chi connectivity index (χ2v) is 4.84. The summed E-state index contributed by atoms with van der Waals surface area (Å²) in [5.74, 6) is -0.475. The van der Waals surface area contributed by atoms with Gasteiger partial charge in [0.2, 0.25) is 5.91 Å². The van der Waals surface area contributed by atoms with Gasteiger partial charge in [-0.2, -0.15) is 18.3 Å². The maximum absolute atomic E-state index is 12.4. The highest BCUT2D eigenvalue weighted by atomic mass is 35.5. The first-order valence-electron chi connectivity index (χ1n) is 5.92. The van der Waals surface area contributed by atoms with Gasteiger partial charge in [0.05, 0.1) is 0 Å². The summed E-state index contributed by atoms with van der Waals surface area (Å²) in [4.78, 5) is 11.8. The van der Waals surface area contributed by atoms with Gasteiger partial charge in [0.15, 0.2) is 5.69 Å². The number of carbonyl (C=O) groups is 1. The fourth-order valence-corrected chi connectivity index (χ4v) is 1.93. The second kappa shape index (κ2) is 5.77. The first kappa shape index (κ1) is 15.4. The van der Waals surface area contributed by atoms with Crippen molar-refractivity contribution >= 4 is 23.2 Å². The van der Waals surface area contributed by atoms with Crippen molar-refractivity contribution in [3.63, 3.8) is 0 Å². The highest BCUT2D eigenvalue weighted by Gasteiger charge is 2.33. The van der Waals surface area contributed by atoms with E-state index in [-0.39, 0.29) is 6.54 Å². The largest absolute Gasteiger partial charge is 0.435 e. The molecular formula is C13H11ClF3N3O. The van der Waals surface area contributed by atoms with Crippen LogP contribution in [0.1, 0.15) is 11.3 Å². The van der Waals surface area contributed by atoms with Crippen molar-refractivity contribution in [1.82, 2.24) is 9.78 Å². The zero-order valence-corrected chi connectivity index (χ0v) is 11.7. The summed E-state index contributed by atoms with van der Waals surface area (Å²) in [6.07, 6.45) is -3.41. The Bertz CT molecular complexity index is 667. The zero-order valence-electron chi connectivity index (χ0n) is 10.9. The molecule has 2 rings (SSSR count).